The Morgan fingerprint density at radius 1 is 1.04 bits per heavy atom. The molecule has 2 aliphatic heterocycles. The zero-order valence-corrected chi connectivity index (χ0v) is 16.4. The molecular weight excluding hydrogens is 356 g/mol. The van der Waals surface area contributed by atoms with Gasteiger partial charge >= 0.3 is 0 Å². The second kappa shape index (κ2) is 9.56. The van der Waals surface area contributed by atoms with Crippen LogP contribution < -0.4 is 0 Å². The molecule has 1 aromatic carbocycles. The molecule has 0 saturated carbocycles. The fraction of sp³-hybridized carbons (Fsp3) is 0.650. The number of hydrogen-bond acceptors (Lipinski definition) is 7. The van der Waals surface area contributed by atoms with E-state index in [9.17, 15) is 5.11 Å². The fourth-order valence-electron chi connectivity index (χ4n) is 4.32. The standard InChI is InChI=1S/C20H30N6O2/c27-16-18-6-7-19(25(18)9-8-17-4-2-1-3-5-17)20-21-22-23-26(20)11-10-24-12-14-28-15-13-24/h1-5,18-19,27H,6-16H2/t18-,19-/m0/s1. The molecule has 2 fully saturated rings. The smallest absolute Gasteiger partial charge is 0.168 e. The summed E-state index contributed by atoms with van der Waals surface area (Å²) in [5.41, 5.74) is 1.32. The molecule has 4 rings (SSSR count). The molecule has 0 amide bonds. The van der Waals surface area contributed by atoms with Gasteiger partial charge in [0.2, 0.25) is 0 Å². The van der Waals surface area contributed by atoms with Crippen LogP contribution in [0.25, 0.3) is 0 Å². The van der Waals surface area contributed by atoms with Crippen molar-refractivity contribution in [3.8, 4) is 0 Å². The lowest BCUT2D eigenvalue weighted by Crippen LogP contribution is -2.39. The van der Waals surface area contributed by atoms with Crippen molar-refractivity contribution in [2.45, 2.75) is 37.9 Å². The first-order valence-electron chi connectivity index (χ1n) is 10.3. The average molecular weight is 387 g/mol. The van der Waals surface area contributed by atoms with Gasteiger partial charge in [-0.25, -0.2) is 4.68 Å². The number of likely N-dealkylation sites (tertiary alicyclic amines) is 1. The first-order valence-corrected chi connectivity index (χ1v) is 10.3. The van der Waals surface area contributed by atoms with E-state index >= 15 is 0 Å². The Morgan fingerprint density at radius 3 is 2.64 bits per heavy atom. The predicted molar refractivity (Wildman–Crippen MR) is 105 cm³/mol. The normalized spacial score (nSPS) is 24.0. The van der Waals surface area contributed by atoms with Crippen molar-refractivity contribution in [2.75, 3.05) is 46.0 Å². The molecule has 3 heterocycles. The highest BCUT2D eigenvalue weighted by Crippen LogP contribution is 2.34. The monoisotopic (exact) mass is 386 g/mol. The van der Waals surface area contributed by atoms with Crippen molar-refractivity contribution >= 4 is 0 Å². The molecule has 0 spiro atoms. The number of ether oxygens (including phenoxy) is 1. The molecule has 2 atom stereocenters. The lowest BCUT2D eigenvalue weighted by molar-refractivity contribution is 0.0355. The van der Waals surface area contributed by atoms with Gasteiger partial charge in [0, 0.05) is 32.2 Å². The third kappa shape index (κ3) is 4.57. The van der Waals surface area contributed by atoms with Crippen molar-refractivity contribution in [1.82, 2.24) is 30.0 Å². The Hall–Kier alpha value is -1.87. The van der Waals surface area contributed by atoms with Crippen molar-refractivity contribution in [1.29, 1.82) is 0 Å². The summed E-state index contributed by atoms with van der Waals surface area (Å²) in [5, 5.41) is 22.5. The van der Waals surface area contributed by atoms with Crippen LogP contribution >= 0.6 is 0 Å². The highest BCUT2D eigenvalue weighted by Gasteiger charge is 2.36. The van der Waals surface area contributed by atoms with Crippen molar-refractivity contribution in [3.05, 3.63) is 41.7 Å². The summed E-state index contributed by atoms with van der Waals surface area (Å²) < 4.78 is 7.38. The van der Waals surface area contributed by atoms with Crippen LogP contribution in [-0.4, -0.2) is 87.2 Å². The number of morpholine rings is 1. The van der Waals surface area contributed by atoms with Gasteiger partial charge in [-0.3, -0.25) is 9.80 Å². The quantitative estimate of drug-likeness (QED) is 0.717. The molecule has 1 aromatic heterocycles. The number of tetrazole rings is 1. The van der Waals surface area contributed by atoms with Gasteiger partial charge in [0.25, 0.3) is 0 Å². The average Bonchev–Trinajstić information content (AvgIpc) is 3.38. The highest BCUT2D eigenvalue weighted by molar-refractivity contribution is 5.15. The number of aliphatic hydroxyl groups is 1. The fourth-order valence-corrected chi connectivity index (χ4v) is 4.32. The first kappa shape index (κ1) is 19.4. The van der Waals surface area contributed by atoms with Gasteiger partial charge < -0.3 is 9.84 Å². The molecular formula is C20H30N6O2. The van der Waals surface area contributed by atoms with E-state index in [4.69, 9.17) is 4.74 Å². The van der Waals surface area contributed by atoms with Gasteiger partial charge in [-0.1, -0.05) is 30.3 Å². The summed E-state index contributed by atoms with van der Waals surface area (Å²) in [6, 6.07) is 10.9. The third-order valence-corrected chi connectivity index (χ3v) is 5.94. The topological polar surface area (TPSA) is 79.5 Å². The maximum absolute atomic E-state index is 9.87. The molecule has 1 N–H and O–H groups in total. The lowest BCUT2D eigenvalue weighted by Gasteiger charge is -2.29. The van der Waals surface area contributed by atoms with Crippen LogP contribution in [0, 0.1) is 0 Å². The summed E-state index contributed by atoms with van der Waals surface area (Å²) in [5.74, 6) is 0.928. The zero-order valence-electron chi connectivity index (χ0n) is 16.4. The van der Waals surface area contributed by atoms with Crippen LogP contribution in [0.15, 0.2) is 30.3 Å². The van der Waals surface area contributed by atoms with Crippen LogP contribution in [0.5, 0.6) is 0 Å². The Balaban J connectivity index is 1.42. The van der Waals surface area contributed by atoms with Gasteiger partial charge in [-0.05, 0) is 35.3 Å². The third-order valence-electron chi connectivity index (χ3n) is 5.94. The van der Waals surface area contributed by atoms with E-state index in [1.165, 1.54) is 5.56 Å². The summed E-state index contributed by atoms with van der Waals surface area (Å²) in [6.45, 7) is 6.34. The Kier molecular flexibility index (Phi) is 6.64. The van der Waals surface area contributed by atoms with Gasteiger partial charge in [0.05, 0.1) is 32.4 Å². The molecule has 8 nitrogen and oxygen atoms in total. The van der Waals surface area contributed by atoms with Crippen LogP contribution in [0.2, 0.25) is 0 Å². The van der Waals surface area contributed by atoms with E-state index in [0.717, 1.165) is 71.0 Å². The molecule has 8 heteroatoms. The number of benzene rings is 1. The van der Waals surface area contributed by atoms with Gasteiger partial charge in [-0.15, -0.1) is 5.10 Å². The SMILES string of the molecule is OC[C@@H]1CC[C@@H](c2nnnn2CCN2CCOCC2)N1CCc1ccccc1. The molecule has 2 saturated heterocycles. The first-order chi connectivity index (χ1) is 13.8. The number of hydrogen-bond donors (Lipinski definition) is 1. The Labute approximate surface area is 166 Å². The molecule has 0 aliphatic carbocycles. The maximum atomic E-state index is 9.87. The molecule has 0 bridgehead atoms. The van der Waals surface area contributed by atoms with Crippen LogP contribution in [0.4, 0.5) is 0 Å². The van der Waals surface area contributed by atoms with Gasteiger partial charge in [-0.2, -0.15) is 0 Å². The summed E-state index contributed by atoms with van der Waals surface area (Å²) in [7, 11) is 0. The predicted octanol–water partition coefficient (Wildman–Crippen LogP) is 0.746. The van der Waals surface area contributed by atoms with E-state index in [1.807, 2.05) is 10.7 Å². The minimum atomic E-state index is 0.167. The molecule has 0 radical (unpaired) electrons. The summed E-state index contributed by atoms with van der Waals surface area (Å²) in [6.07, 6.45) is 2.92. The van der Waals surface area contributed by atoms with Crippen LogP contribution in [0.1, 0.15) is 30.3 Å². The second-order valence-corrected chi connectivity index (χ2v) is 7.62. The van der Waals surface area contributed by atoms with E-state index in [0.29, 0.717) is 0 Å². The second-order valence-electron chi connectivity index (χ2n) is 7.62. The summed E-state index contributed by atoms with van der Waals surface area (Å²) >= 11 is 0. The molecule has 2 aliphatic rings. The Bertz CT molecular complexity index is 718. The van der Waals surface area contributed by atoms with Crippen molar-refractivity contribution in [2.24, 2.45) is 0 Å². The van der Waals surface area contributed by atoms with E-state index in [-0.39, 0.29) is 18.7 Å². The largest absolute Gasteiger partial charge is 0.395 e. The maximum Gasteiger partial charge on any atom is 0.168 e. The van der Waals surface area contributed by atoms with Gasteiger partial charge in [0.15, 0.2) is 5.82 Å². The van der Waals surface area contributed by atoms with Gasteiger partial charge in [0.1, 0.15) is 0 Å². The van der Waals surface area contributed by atoms with Crippen molar-refractivity contribution in [3.63, 3.8) is 0 Å². The molecule has 0 unspecified atom stereocenters. The van der Waals surface area contributed by atoms with E-state index in [2.05, 4.69) is 49.6 Å². The van der Waals surface area contributed by atoms with E-state index in [1.54, 1.807) is 0 Å². The van der Waals surface area contributed by atoms with E-state index < -0.39 is 0 Å². The Morgan fingerprint density at radius 2 is 1.86 bits per heavy atom. The number of nitrogens with zero attached hydrogens (tertiary/aromatic N) is 6. The lowest BCUT2D eigenvalue weighted by atomic mass is 10.1. The minimum Gasteiger partial charge on any atom is -0.395 e. The highest BCUT2D eigenvalue weighted by atomic mass is 16.5. The van der Waals surface area contributed by atoms with Crippen molar-refractivity contribution < 1.29 is 9.84 Å². The number of aromatic nitrogens is 4. The number of rotatable bonds is 8. The molecule has 152 valence electrons. The number of aliphatic hydroxyl groups excluding tert-OH is 1. The zero-order chi connectivity index (χ0) is 19.2. The van der Waals surface area contributed by atoms with Crippen LogP contribution in [0.3, 0.4) is 0 Å². The summed E-state index contributed by atoms with van der Waals surface area (Å²) in [4.78, 5) is 4.79. The molecule has 2 aromatic rings. The van der Waals surface area contributed by atoms with Crippen LogP contribution in [-0.2, 0) is 17.7 Å². The molecule has 28 heavy (non-hydrogen) atoms. The minimum absolute atomic E-state index is 0.167.